The summed E-state index contributed by atoms with van der Waals surface area (Å²) >= 11 is 0. The molecule has 0 saturated heterocycles. The summed E-state index contributed by atoms with van der Waals surface area (Å²) in [5.41, 5.74) is 5.18. The predicted octanol–water partition coefficient (Wildman–Crippen LogP) is -2.23. The molecule has 84 valence electrons. The zero-order valence-electron chi connectivity index (χ0n) is 8.19. The summed E-state index contributed by atoms with van der Waals surface area (Å²) in [4.78, 5) is 12.7. The number of hydrogen-bond acceptors (Lipinski definition) is 5. The number of hydrogen-bond donors (Lipinski definition) is 3. The van der Waals surface area contributed by atoms with Crippen molar-refractivity contribution in [2.45, 2.75) is 0 Å². The van der Waals surface area contributed by atoms with Gasteiger partial charge in [0, 0.05) is 19.6 Å². The van der Waals surface area contributed by atoms with Crippen LogP contribution in [0.2, 0.25) is 0 Å². The molecule has 1 amide bonds. The lowest BCUT2D eigenvalue weighted by molar-refractivity contribution is -0.137. The minimum atomic E-state index is -0.249. The van der Waals surface area contributed by atoms with Crippen molar-refractivity contribution in [3.63, 3.8) is 0 Å². The average molecular weight is 206 g/mol. The third kappa shape index (κ3) is 5.87. The highest BCUT2D eigenvalue weighted by Crippen LogP contribution is 1.90. The normalized spacial score (nSPS) is 10.2. The van der Waals surface area contributed by atoms with Crippen LogP contribution in [0.25, 0.3) is 0 Å². The maximum atomic E-state index is 11.3. The third-order valence-electron chi connectivity index (χ3n) is 1.58. The predicted molar refractivity (Wildman–Crippen MR) is 50.6 cm³/mol. The van der Waals surface area contributed by atoms with Crippen LogP contribution in [0, 0.1) is 0 Å². The van der Waals surface area contributed by atoms with Gasteiger partial charge in [0.15, 0.2) is 0 Å². The van der Waals surface area contributed by atoms with Gasteiger partial charge in [-0.05, 0) is 0 Å². The molecule has 0 atom stereocenters. The van der Waals surface area contributed by atoms with Gasteiger partial charge in [0.1, 0.15) is 6.61 Å². The minimum absolute atomic E-state index is 0.0583. The topological polar surface area (TPSA) is 96.0 Å². The van der Waals surface area contributed by atoms with Crippen LogP contribution in [0.3, 0.4) is 0 Å². The second-order valence-electron chi connectivity index (χ2n) is 2.67. The Labute approximate surface area is 83.3 Å². The molecule has 14 heavy (non-hydrogen) atoms. The van der Waals surface area contributed by atoms with Crippen LogP contribution in [0.15, 0.2) is 0 Å². The molecule has 6 nitrogen and oxygen atoms in total. The zero-order valence-corrected chi connectivity index (χ0v) is 8.19. The maximum absolute atomic E-state index is 11.3. The lowest BCUT2D eigenvalue weighted by Gasteiger charge is -2.20. The van der Waals surface area contributed by atoms with Crippen molar-refractivity contribution in [1.82, 2.24) is 4.90 Å². The van der Waals surface area contributed by atoms with Gasteiger partial charge in [0.25, 0.3) is 0 Å². The molecule has 0 saturated carbocycles. The fraction of sp³-hybridized carbons (Fsp3) is 0.875. The third-order valence-corrected chi connectivity index (χ3v) is 1.58. The molecule has 0 unspecified atom stereocenters. The SMILES string of the molecule is NCCOCC(=O)N(CCO)CCO. The highest BCUT2D eigenvalue weighted by molar-refractivity contribution is 5.77. The molecular weight excluding hydrogens is 188 g/mol. The summed E-state index contributed by atoms with van der Waals surface area (Å²) in [6.45, 7) is 0.824. The molecule has 0 aliphatic carbocycles. The Kier molecular flexibility index (Phi) is 8.45. The number of carbonyl (C=O) groups excluding carboxylic acids is 1. The molecule has 6 heteroatoms. The Morgan fingerprint density at radius 3 is 2.29 bits per heavy atom. The van der Waals surface area contributed by atoms with Crippen LogP contribution in [0.4, 0.5) is 0 Å². The zero-order chi connectivity index (χ0) is 10.8. The van der Waals surface area contributed by atoms with Crippen molar-refractivity contribution >= 4 is 5.91 Å². The molecule has 0 aliphatic heterocycles. The fourth-order valence-electron chi connectivity index (χ4n) is 0.937. The lowest BCUT2D eigenvalue weighted by atomic mass is 10.4. The molecule has 0 aliphatic rings. The van der Waals surface area contributed by atoms with E-state index in [0.717, 1.165) is 0 Å². The summed E-state index contributed by atoms with van der Waals surface area (Å²) in [7, 11) is 0. The second-order valence-corrected chi connectivity index (χ2v) is 2.67. The van der Waals surface area contributed by atoms with Crippen molar-refractivity contribution in [1.29, 1.82) is 0 Å². The average Bonchev–Trinajstić information content (AvgIpc) is 2.18. The number of nitrogens with zero attached hydrogens (tertiary/aromatic N) is 1. The van der Waals surface area contributed by atoms with E-state index in [4.69, 9.17) is 20.7 Å². The lowest BCUT2D eigenvalue weighted by Crippen LogP contribution is -2.38. The largest absolute Gasteiger partial charge is 0.395 e. The first kappa shape index (κ1) is 13.3. The van der Waals surface area contributed by atoms with Gasteiger partial charge in [-0.1, -0.05) is 0 Å². The summed E-state index contributed by atoms with van der Waals surface area (Å²) in [6.07, 6.45) is 0. The first-order chi connectivity index (χ1) is 6.76. The number of aliphatic hydroxyl groups is 2. The van der Waals surface area contributed by atoms with Crippen molar-refractivity contribution < 1.29 is 19.7 Å². The van der Waals surface area contributed by atoms with E-state index in [1.165, 1.54) is 4.90 Å². The van der Waals surface area contributed by atoms with Gasteiger partial charge in [-0.3, -0.25) is 4.79 Å². The Bertz CT molecular complexity index is 148. The van der Waals surface area contributed by atoms with Crippen molar-refractivity contribution in [2.24, 2.45) is 5.73 Å². The standard InChI is InChI=1S/C8H18N2O4/c9-1-6-14-7-8(13)10(2-4-11)3-5-12/h11-12H,1-7,9H2. The Hall–Kier alpha value is -0.690. The van der Waals surface area contributed by atoms with Gasteiger partial charge in [-0.2, -0.15) is 0 Å². The first-order valence-corrected chi connectivity index (χ1v) is 4.53. The summed E-state index contributed by atoms with van der Waals surface area (Å²) in [5.74, 6) is -0.249. The smallest absolute Gasteiger partial charge is 0.248 e. The van der Waals surface area contributed by atoms with Gasteiger partial charge in [0.2, 0.25) is 5.91 Å². The Balaban J connectivity index is 3.76. The summed E-state index contributed by atoms with van der Waals surface area (Å²) in [5, 5.41) is 17.3. The quantitative estimate of drug-likeness (QED) is 0.391. The van der Waals surface area contributed by atoms with E-state index in [0.29, 0.717) is 13.2 Å². The maximum Gasteiger partial charge on any atom is 0.248 e. The molecule has 0 fully saturated rings. The molecule has 0 rings (SSSR count). The number of carbonyl (C=O) groups is 1. The van der Waals surface area contributed by atoms with Gasteiger partial charge in [0.05, 0.1) is 19.8 Å². The summed E-state index contributed by atoms with van der Waals surface area (Å²) < 4.78 is 4.94. The summed E-state index contributed by atoms with van der Waals surface area (Å²) in [6, 6.07) is 0. The Morgan fingerprint density at radius 1 is 1.29 bits per heavy atom. The number of amides is 1. The van der Waals surface area contributed by atoms with Gasteiger partial charge in [-0.25, -0.2) is 0 Å². The van der Waals surface area contributed by atoms with Crippen molar-refractivity contribution in [3.05, 3.63) is 0 Å². The molecule has 0 aromatic rings. The van der Waals surface area contributed by atoms with E-state index >= 15 is 0 Å². The minimum Gasteiger partial charge on any atom is -0.395 e. The highest BCUT2D eigenvalue weighted by atomic mass is 16.5. The van der Waals surface area contributed by atoms with E-state index in [9.17, 15) is 4.79 Å². The van der Waals surface area contributed by atoms with Crippen LogP contribution < -0.4 is 5.73 Å². The van der Waals surface area contributed by atoms with E-state index < -0.39 is 0 Å². The second kappa shape index (κ2) is 8.89. The van der Waals surface area contributed by atoms with E-state index in [-0.39, 0.29) is 38.8 Å². The van der Waals surface area contributed by atoms with Crippen molar-refractivity contribution in [2.75, 3.05) is 46.1 Å². The molecule has 0 aromatic heterocycles. The van der Waals surface area contributed by atoms with Crippen LogP contribution in [0.5, 0.6) is 0 Å². The van der Waals surface area contributed by atoms with E-state index in [1.807, 2.05) is 0 Å². The number of nitrogens with two attached hydrogens (primary N) is 1. The molecular formula is C8H18N2O4. The van der Waals surface area contributed by atoms with Gasteiger partial charge < -0.3 is 25.6 Å². The Morgan fingerprint density at radius 2 is 1.86 bits per heavy atom. The van der Waals surface area contributed by atoms with Crippen LogP contribution in [0.1, 0.15) is 0 Å². The number of aliphatic hydroxyl groups excluding tert-OH is 2. The first-order valence-electron chi connectivity index (χ1n) is 4.53. The molecule has 4 N–H and O–H groups in total. The van der Waals surface area contributed by atoms with Crippen LogP contribution >= 0.6 is 0 Å². The molecule has 0 heterocycles. The van der Waals surface area contributed by atoms with Crippen LogP contribution in [-0.4, -0.2) is 67.1 Å². The molecule has 0 spiro atoms. The molecule has 0 aromatic carbocycles. The molecule has 0 bridgehead atoms. The van der Waals surface area contributed by atoms with E-state index in [2.05, 4.69) is 0 Å². The number of ether oxygens (including phenoxy) is 1. The monoisotopic (exact) mass is 206 g/mol. The van der Waals surface area contributed by atoms with Gasteiger partial charge in [-0.15, -0.1) is 0 Å². The highest BCUT2D eigenvalue weighted by Gasteiger charge is 2.11. The van der Waals surface area contributed by atoms with E-state index in [1.54, 1.807) is 0 Å². The van der Waals surface area contributed by atoms with Gasteiger partial charge >= 0.3 is 0 Å². The van der Waals surface area contributed by atoms with Crippen molar-refractivity contribution in [3.8, 4) is 0 Å². The number of rotatable bonds is 8. The fourth-order valence-corrected chi connectivity index (χ4v) is 0.937. The molecule has 0 radical (unpaired) electrons. The van der Waals surface area contributed by atoms with Crippen LogP contribution in [-0.2, 0) is 9.53 Å².